The molecule has 0 radical (unpaired) electrons. The van der Waals surface area contributed by atoms with Crippen molar-refractivity contribution in [2.24, 2.45) is 4.99 Å². The molecule has 6 nitrogen and oxygen atoms in total. The molecule has 3 heterocycles. The molecular formula is C21H33IN6S. The molecule has 0 spiro atoms. The molecule has 0 bridgehead atoms. The highest BCUT2D eigenvalue weighted by atomic mass is 127. The Bertz CT molecular complexity index is 726. The topological polar surface area (TPSA) is 55.8 Å². The molecule has 0 aromatic carbocycles. The summed E-state index contributed by atoms with van der Waals surface area (Å²) < 4.78 is 0. The number of nitrogens with one attached hydrogen (secondary N) is 2. The Morgan fingerprint density at radius 2 is 2.00 bits per heavy atom. The minimum Gasteiger partial charge on any atom is -0.356 e. The Morgan fingerprint density at radius 1 is 1.21 bits per heavy atom. The molecule has 2 N–H and O–H groups in total. The summed E-state index contributed by atoms with van der Waals surface area (Å²) in [5.74, 6) is 2.35. The number of aromatic nitrogens is 1. The Balaban J connectivity index is 0.00000300. The number of pyridine rings is 1. The molecule has 8 heteroatoms. The van der Waals surface area contributed by atoms with Gasteiger partial charge in [0, 0.05) is 52.5 Å². The molecule has 29 heavy (non-hydrogen) atoms. The first-order chi connectivity index (χ1) is 13.7. The highest BCUT2D eigenvalue weighted by Gasteiger charge is 2.16. The molecule has 0 aliphatic carbocycles. The van der Waals surface area contributed by atoms with Crippen LogP contribution in [-0.4, -0.2) is 62.2 Å². The van der Waals surface area contributed by atoms with Crippen molar-refractivity contribution in [3.8, 4) is 0 Å². The predicted molar refractivity (Wildman–Crippen MR) is 135 cm³/mol. The van der Waals surface area contributed by atoms with Gasteiger partial charge in [0.15, 0.2) is 5.96 Å². The second-order valence-electron chi connectivity index (χ2n) is 7.21. The number of hydrogen-bond donors (Lipinski definition) is 2. The number of hydrogen-bond acceptors (Lipinski definition) is 5. The summed E-state index contributed by atoms with van der Waals surface area (Å²) in [6.07, 6.45) is 1.97. The fourth-order valence-electron chi connectivity index (χ4n) is 3.33. The van der Waals surface area contributed by atoms with E-state index in [1.54, 1.807) is 11.3 Å². The molecule has 1 fully saturated rings. The van der Waals surface area contributed by atoms with E-state index in [1.807, 2.05) is 13.2 Å². The largest absolute Gasteiger partial charge is 0.356 e. The van der Waals surface area contributed by atoms with Gasteiger partial charge in [-0.15, -0.1) is 24.0 Å². The standard InChI is InChI=1S/C21H32N6S.HI/c1-4-26-8-10-27(11-9-26)20-6-5-18(14-23-20)15-25-21(22-3)24-13-17(2)19-7-12-28-16-19;/h5-7,12,14,16-17H,4,8-11,13,15H2,1-3H3,(H2,22,24,25);1H. The molecule has 2 aromatic heterocycles. The Labute approximate surface area is 195 Å². The van der Waals surface area contributed by atoms with Crippen LogP contribution in [0.3, 0.4) is 0 Å². The third-order valence-electron chi connectivity index (χ3n) is 5.32. The summed E-state index contributed by atoms with van der Waals surface area (Å²) in [4.78, 5) is 13.8. The van der Waals surface area contributed by atoms with Crippen LogP contribution in [0.5, 0.6) is 0 Å². The van der Waals surface area contributed by atoms with Crippen molar-refractivity contribution in [3.05, 3.63) is 46.3 Å². The van der Waals surface area contributed by atoms with Gasteiger partial charge < -0.3 is 20.4 Å². The number of guanidine groups is 1. The van der Waals surface area contributed by atoms with Crippen molar-refractivity contribution < 1.29 is 0 Å². The molecular weight excluding hydrogens is 495 g/mol. The Morgan fingerprint density at radius 3 is 2.59 bits per heavy atom. The van der Waals surface area contributed by atoms with Crippen LogP contribution in [-0.2, 0) is 6.54 Å². The van der Waals surface area contributed by atoms with Gasteiger partial charge in [-0.1, -0.05) is 19.9 Å². The Hall–Kier alpha value is -1.39. The lowest BCUT2D eigenvalue weighted by molar-refractivity contribution is 0.270. The highest BCUT2D eigenvalue weighted by molar-refractivity contribution is 14.0. The van der Waals surface area contributed by atoms with E-state index in [4.69, 9.17) is 0 Å². The number of halogens is 1. The van der Waals surface area contributed by atoms with Gasteiger partial charge in [0.2, 0.25) is 0 Å². The lowest BCUT2D eigenvalue weighted by Gasteiger charge is -2.34. The number of nitrogens with zero attached hydrogens (tertiary/aromatic N) is 4. The summed E-state index contributed by atoms with van der Waals surface area (Å²) in [7, 11) is 1.81. The minimum atomic E-state index is 0. The van der Waals surface area contributed by atoms with Gasteiger partial charge in [-0.2, -0.15) is 11.3 Å². The van der Waals surface area contributed by atoms with Crippen LogP contribution >= 0.6 is 35.3 Å². The maximum Gasteiger partial charge on any atom is 0.191 e. The molecule has 1 aliphatic rings. The molecule has 0 saturated carbocycles. The van der Waals surface area contributed by atoms with Crippen LogP contribution in [0.1, 0.15) is 30.9 Å². The van der Waals surface area contributed by atoms with Crippen LogP contribution in [0.15, 0.2) is 40.1 Å². The number of anilines is 1. The van der Waals surface area contributed by atoms with E-state index in [2.05, 4.69) is 73.2 Å². The fourth-order valence-corrected chi connectivity index (χ4v) is 4.11. The number of rotatable bonds is 7. The highest BCUT2D eigenvalue weighted by Crippen LogP contribution is 2.17. The summed E-state index contributed by atoms with van der Waals surface area (Å²) in [5.41, 5.74) is 2.53. The maximum atomic E-state index is 4.67. The van der Waals surface area contributed by atoms with E-state index in [0.717, 1.165) is 56.6 Å². The van der Waals surface area contributed by atoms with Crippen molar-refractivity contribution >= 4 is 47.1 Å². The first-order valence-electron chi connectivity index (χ1n) is 10.1. The summed E-state index contributed by atoms with van der Waals surface area (Å²) >= 11 is 1.74. The summed E-state index contributed by atoms with van der Waals surface area (Å²) in [6, 6.07) is 6.47. The lowest BCUT2D eigenvalue weighted by atomic mass is 10.1. The van der Waals surface area contributed by atoms with Crippen LogP contribution in [0.4, 0.5) is 5.82 Å². The summed E-state index contributed by atoms with van der Waals surface area (Å²) in [6.45, 7) is 11.5. The van der Waals surface area contributed by atoms with Crippen LogP contribution in [0, 0.1) is 0 Å². The molecule has 1 aliphatic heterocycles. The lowest BCUT2D eigenvalue weighted by Crippen LogP contribution is -2.46. The zero-order valence-corrected chi connectivity index (χ0v) is 20.7. The van der Waals surface area contributed by atoms with Crippen molar-refractivity contribution in [2.45, 2.75) is 26.3 Å². The van der Waals surface area contributed by atoms with E-state index in [-0.39, 0.29) is 24.0 Å². The SMILES string of the molecule is CCN1CCN(c2ccc(CNC(=NC)NCC(C)c3ccsc3)cn2)CC1.I. The van der Waals surface area contributed by atoms with E-state index in [0.29, 0.717) is 12.5 Å². The Kier molecular flexibility index (Phi) is 10.2. The average Bonchev–Trinajstić information content (AvgIpc) is 3.29. The zero-order valence-electron chi connectivity index (χ0n) is 17.6. The summed E-state index contributed by atoms with van der Waals surface area (Å²) in [5, 5.41) is 11.1. The van der Waals surface area contributed by atoms with Crippen LogP contribution in [0.2, 0.25) is 0 Å². The zero-order chi connectivity index (χ0) is 19.8. The van der Waals surface area contributed by atoms with Crippen molar-refractivity contribution in [1.29, 1.82) is 0 Å². The molecule has 160 valence electrons. The van der Waals surface area contributed by atoms with E-state index < -0.39 is 0 Å². The number of aliphatic imine (C=N–C) groups is 1. The van der Waals surface area contributed by atoms with E-state index >= 15 is 0 Å². The van der Waals surface area contributed by atoms with Gasteiger partial charge in [0.1, 0.15) is 5.82 Å². The third-order valence-corrected chi connectivity index (χ3v) is 6.03. The quantitative estimate of drug-likeness (QED) is 0.328. The molecule has 1 atom stereocenters. The molecule has 1 saturated heterocycles. The minimum absolute atomic E-state index is 0. The molecule has 3 rings (SSSR count). The molecule has 1 unspecified atom stereocenters. The number of likely N-dealkylation sites (N-methyl/N-ethyl adjacent to an activating group) is 1. The second-order valence-corrected chi connectivity index (χ2v) is 7.99. The van der Waals surface area contributed by atoms with Crippen molar-refractivity contribution in [3.63, 3.8) is 0 Å². The normalized spacial score (nSPS) is 16.2. The molecule has 0 amide bonds. The van der Waals surface area contributed by atoms with E-state index in [1.165, 1.54) is 5.56 Å². The van der Waals surface area contributed by atoms with Gasteiger partial charge >= 0.3 is 0 Å². The van der Waals surface area contributed by atoms with Gasteiger partial charge in [0.25, 0.3) is 0 Å². The second kappa shape index (κ2) is 12.3. The smallest absolute Gasteiger partial charge is 0.191 e. The first kappa shape index (κ1) is 23.9. The first-order valence-corrected chi connectivity index (χ1v) is 11.0. The van der Waals surface area contributed by atoms with Crippen LogP contribution in [0.25, 0.3) is 0 Å². The third kappa shape index (κ3) is 7.11. The molecule has 2 aromatic rings. The fraction of sp³-hybridized carbons (Fsp3) is 0.524. The average molecular weight is 529 g/mol. The maximum absolute atomic E-state index is 4.67. The van der Waals surface area contributed by atoms with Crippen molar-refractivity contribution in [2.75, 3.05) is 51.2 Å². The predicted octanol–water partition coefficient (Wildman–Crippen LogP) is 3.37. The van der Waals surface area contributed by atoms with Gasteiger partial charge in [-0.3, -0.25) is 4.99 Å². The van der Waals surface area contributed by atoms with Gasteiger partial charge in [-0.05, 0) is 46.5 Å². The van der Waals surface area contributed by atoms with Gasteiger partial charge in [-0.25, -0.2) is 4.98 Å². The van der Waals surface area contributed by atoms with E-state index in [9.17, 15) is 0 Å². The monoisotopic (exact) mass is 528 g/mol. The van der Waals surface area contributed by atoms with Crippen LogP contribution < -0.4 is 15.5 Å². The van der Waals surface area contributed by atoms with Gasteiger partial charge in [0.05, 0.1) is 0 Å². The number of thiophene rings is 1. The number of piperazine rings is 1. The van der Waals surface area contributed by atoms with Crippen molar-refractivity contribution in [1.82, 2.24) is 20.5 Å².